The van der Waals surface area contributed by atoms with Crippen molar-refractivity contribution in [1.29, 1.82) is 0 Å². The number of hydrogen-bond donors (Lipinski definition) is 2. The topological polar surface area (TPSA) is 79.9 Å². The highest BCUT2D eigenvalue weighted by molar-refractivity contribution is 5.97. The van der Waals surface area contributed by atoms with Crippen LogP contribution in [0.25, 0.3) is 0 Å². The molecule has 0 radical (unpaired) electrons. The van der Waals surface area contributed by atoms with Gasteiger partial charge in [0.05, 0.1) is 12.7 Å². The smallest absolute Gasteiger partial charge is 0.232 e. The second-order valence-corrected chi connectivity index (χ2v) is 16.0. The Morgan fingerprint density at radius 3 is 2.46 bits per heavy atom. The van der Waals surface area contributed by atoms with Gasteiger partial charge in [0.2, 0.25) is 11.8 Å². The Bertz CT molecular complexity index is 1020. The van der Waals surface area contributed by atoms with E-state index in [-0.39, 0.29) is 30.1 Å². The molecule has 7 nitrogen and oxygen atoms in total. The summed E-state index contributed by atoms with van der Waals surface area (Å²) in [5.41, 5.74) is 0.739. The van der Waals surface area contributed by atoms with Crippen molar-refractivity contribution in [2.75, 3.05) is 32.8 Å². The van der Waals surface area contributed by atoms with Crippen molar-refractivity contribution in [2.45, 2.75) is 116 Å². The number of nitrogens with zero attached hydrogens (tertiary/aromatic N) is 1. The number of piperazine rings is 1. The molecule has 4 aliphatic carbocycles. The molecule has 2 N–H and O–H groups in total. The molecule has 41 heavy (non-hydrogen) atoms. The highest BCUT2D eigenvalue weighted by Gasteiger charge is 2.69. The van der Waals surface area contributed by atoms with E-state index in [2.05, 4.69) is 38.3 Å². The molecule has 7 heteroatoms. The fourth-order valence-corrected chi connectivity index (χ4v) is 11.8. The molecule has 230 valence electrons. The van der Waals surface area contributed by atoms with Gasteiger partial charge in [0.25, 0.3) is 0 Å². The Labute approximate surface area is 247 Å². The van der Waals surface area contributed by atoms with Gasteiger partial charge in [-0.25, -0.2) is 0 Å². The first-order valence-electron chi connectivity index (χ1n) is 17.2. The third kappa shape index (κ3) is 4.61. The summed E-state index contributed by atoms with van der Waals surface area (Å²) in [5, 5.41) is 6.56. The van der Waals surface area contributed by atoms with E-state index < -0.39 is 0 Å². The van der Waals surface area contributed by atoms with E-state index >= 15 is 0 Å². The molecule has 0 aromatic rings. The van der Waals surface area contributed by atoms with Crippen LogP contribution in [0.1, 0.15) is 98.3 Å². The molecule has 4 saturated carbocycles. The van der Waals surface area contributed by atoms with E-state index in [1.165, 1.54) is 44.9 Å². The fraction of sp³-hybridized carbons (Fsp3) is 0.941. The van der Waals surface area contributed by atoms with Gasteiger partial charge in [-0.3, -0.25) is 9.59 Å². The zero-order valence-electron chi connectivity index (χ0n) is 26.1. The summed E-state index contributed by atoms with van der Waals surface area (Å²) in [6.07, 6.45) is 12.5. The lowest BCUT2D eigenvalue weighted by Gasteiger charge is -2.61. The average Bonchev–Trinajstić information content (AvgIpc) is 3.40. The molecule has 0 unspecified atom stereocenters. The van der Waals surface area contributed by atoms with Crippen LogP contribution in [0.3, 0.4) is 0 Å². The minimum absolute atomic E-state index is 0.00241. The van der Waals surface area contributed by atoms with Crippen molar-refractivity contribution in [3.05, 3.63) is 0 Å². The Morgan fingerprint density at radius 1 is 0.927 bits per heavy atom. The maximum Gasteiger partial charge on any atom is 0.232 e. The van der Waals surface area contributed by atoms with Gasteiger partial charge in [0.1, 0.15) is 6.42 Å². The van der Waals surface area contributed by atoms with Crippen LogP contribution in [0.15, 0.2) is 0 Å². The van der Waals surface area contributed by atoms with Crippen molar-refractivity contribution in [1.82, 2.24) is 15.5 Å². The van der Waals surface area contributed by atoms with Gasteiger partial charge in [-0.05, 0) is 104 Å². The number of hydrogen-bond acceptors (Lipinski definition) is 5. The first kappa shape index (κ1) is 28.6. The number of carbonyl (C=O) groups is 2. The first-order chi connectivity index (χ1) is 19.6. The first-order valence-corrected chi connectivity index (χ1v) is 17.2. The van der Waals surface area contributed by atoms with E-state index in [1.807, 2.05) is 4.90 Å². The van der Waals surface area contributed by atoms with Crippen molar-refractivity contribution < 1.29 is 19.1 Å². The monoisotopic (exact) mass is 569 g/mol. The fourth-order valence-electron chi connectivity index (χ4n) is 11.8. The Hall–Kier alpha value is -1.18. The molecule has 1 spiro atoms. The Morgan fingerprint density at radius 2 is 1.71 bits per heavy atom. The number of carbonyl (C=O) groups excluding carboxylic acids is 2. The summed E-state index contributed by atoms with van der Waals surface area (Å²) in [6.45, 7) is 13.9. The molecule has 3 aliphatic heterocycles. The molecule has 12 atom stereocenters. The zero-order valence-corrected chi connectivity index (χ0v) is 26.1. The lowest BCUT2D eigenvalue weighted by atomic mass is 9.44. The Kier molecular flexibility index (Phi) is 7.30. The maximum atomic E-state index is 12.8. The van der Waals surface area contributed by atoms with Crippen LogP contribution in [-0.2, 0) is 19.1 Å². The maximum absolute atomic E-state index is 12.8. The van der Waals surface area contributed by atoms with E-state index in [0.717, 1.165) is 56.7 Å². The van der Waals surface area contributed by atoms with Gasteiger partial charge >= 0.3 is 0 Å². The van der Waals surface area contributed by atoms with Crippen LogP contribution in [0.4, 0.5) is 0 Å². The standard InChI is InChI=1S/C34H55N3O4/c1-21-7-12-34(40-20-21)22(2)31-28(41-34)18-27-25-6-5-23-17-24(8-10-32(23,3)26(25)9-11-33(27,31)4)36-29(38)19-30(39)37-15-13-35-14-16-37/h21-28,31,35H,5-20H2,1-4H3,(H,36,38)/t21-,22+,23+,24+,25-,26+,27+,28+,31+,32+,33+,34-/m1/s1. The van der Waals surface area contributed by atoms with Gasteiger partial charge in [0, 0.05) is 44.6 Å². The minimum Gasteiger partial charge on any atom is -0.353 e. The van der Waals surface area contributed by atoms with Crippen LogP contribution in [-0.4, -0.2) is 67.4 Å². The number of amides is 2. The zero-order chi connectivity index (χ0) is 28.6. The predicted molar refractivity (Wildman–Crippen MR) is 158 cm³/mol. The molecule has 0 aromatic heterocycles. The summed E-state index contributed by atoms with van der Waals surface area (Å²) in [4.78, 5) is 27.3. The average molecular weight is 570 g/mol. The van der Waals surface area contributed by atoms with Crippen LogP contribution < -0.4 is 10.6 Å². The number of nitrogens with one attached hydrogen (secondary N) is 2. The highest BCUT2D eigenvalue weighted by atomic mass is 16.7. The quantitative estimate of drug-likeness (QED) is 0.480. The van der Waals surface area contributed by atoms with Gasteiger partial charge in [-0.1, -0.05) is 27.7 Å². The lowest BCUT2D eigenvalue weighted by Crippen LogP contribution is -2.56. The summed E-state index contributed by atoms with van der Waals surface area (Å²) in [7, 11) is 0. The van der Waals surface area contributed by atoms with Gasteiger partial charge < -0.3 is 25.0 Å². The van der Waals surface area contributed by atoms with Crippen molar-refractivity contribution >= 4 is 11.8 Å². The Balaban J connectivity index is 0.984. The predicted octanol–water partition coefficient (Wildman–Crippen LogP) is 4.74. The molecule has 0 aromatic carbocycles. The van der Waals surface area contributed by atoms with Crippen molar-refractivity contribution in [3.8, 4) is 0 Å². The second-order valence-electron chi connectivity index (χ2n) is 16.0. The molecule has 7 aliphatic rings. The van der Waals surface area contributed by atoms with E-state index in [9.17, 15) is 9.59 Å². The lowest BCUT2D eigenvalue weighted by molar-refractivity contribution is -0.273. The molecular weight excluding hydrogens is 514 g/mol. The molecule has 0 bridgehead atoms. The van der Waals surface area contributed by atoms with Crippen LogP contribution in [0, 0.1) is 52.3 Å². The normalized spacial score (nSPS) is 50.9. The van der Waals surface area contributed by atoms with Crippen molar-refractivity contribution in [3.63, 3.8) is 0 Å². The molecular formula is C34H55N3O4. The SMILES string of the molecule is C[C@@H]1CC[C@@]2(OC1)O[C@H]1C[C@H]3[C@@H]4CC[C@H]5C[C@@H](NC(=O)CC(=O)N6CCNCC6)CC[C@]5(C)[C@H]4CC[C@]3(C)[C@H]1[C@@H]2C. The highest BCUT2D eigenvalue weighted by Crippen LogP contribution is 2.71. The van der Waals surface area contributed by atoms with E-state index in [0.29, 0.717) is 53.7 Å². The molecule has 3 saturated heterocycles. The molecule has 7 fully saturated rings. The van der Waals surface area contributed by atoms with Crippen LogP contribution in [0.5, 0.6) is 0 Å². The molecule has 7 rings (SSSR count). The number of ether oxygens (including phenoxy) is 2. The van der Waals surface area contributed by atoms with Crippen molar-refractivity contribution in [2.24, 2.45) is 52.3 Å². The van der Waals surface area contributed by atoms with Crippen LogP contribution >= 0.6 is 0 Å². The summed E-state index contributed by atoms with van der Waals surface area (Å²) < 4.78 is 13.5. The van der Waals surface area contributed by atoms with Gasteiger partial charge in [-0.15, -0.1) is 0 Å². The van der Waals surface area contributed by atoms with E-state index in [1.54, 1.807) is 0 Å². The number of rotatable bonds is 3. The van der Waals surface area contributed by atoms with Gasteiger partial charge in [-0.2, -0.15) is 0 Å². The third-order valence-corrected chi connectivity index (χ3v) is 14.1. The van der Waals surface area contributed by atoms with E-state index in [4.69, 9.17) is 9.47 Å². The summed E-state index contributed by atoms with van der Waals surface area (Å²) in [6, 6.07) is 0.219. The van der Waals surface area contributed by atoms with Crippen LogP contribution in [0.2, 0.25) is 0 Å². The molecule has 2 amide bonds. The summed E-state index contributed by atoms with van der Waals surface area (Å²) in [5.74, 6) is 4.37. The third-order valence-electron chi connectivity index (χ3n) is 14.1. The minimum atomic E-state index is -0.325. The summed E-state index contributed by atoms with van der Waals surface area (Å²) >= 11 is 0. The number of fused-ring (bicyclic) bond motifs is 7. The molecule has 3 heterocycles. The largest absolute Gasteiger partial charge is 0.353 e. The van der Waals surface area contributed by atoms with Gasteiger partial charge in [0.15, 0.2) is 5.79 Å². The second kappa shape index (κ2) is 10.5.